The van der Waals surface area contributed by atoms with Gasteiger partial charge in [-0.1, -0.05) is 23.4 Å². The second-order valence-corrected chi connectivity index (χ2v) is 6.78. The molecule has 0 aliphatic rings. The number of carbonyl (C=O) groups is 1. The van der Waals surface area contributed by atoms with Gasteiger partial charge in [-0.15, -0.1) is 10.2 Å². The monoisotopic (exact) mass is 362 g/mol. The summed E-state index contributed by atoms with van der Waals surface area (Å²) in [4.78, 5) is 11.8. The van der Waals surface area contributed by atoms with E-state index in [4.69, 9.17) is 16.3 Å². The predicted octanol–water partition coefficient (Wildman–Crippen LogP) is 3.49. The van der Waals surface area contributed by atoms with Crippen molar-refractivity contribution in [2.45, 2.75) is 24.1 Å². The summed E-state index contributed by atoms with van der Waals surface area (Å²) in [6, 6.07) is 10.9. The lowest BCUT2D eigenvalue weighted by molar-refractivity contribution is -0.142. The van der Waals surface area contributed by atoms with Crippen LogP contribution in [0.4, 0.5) is 0 Å². The Morgan fingerprint density at radius 3 is 2.71 bits per heavy atom. The van der Waals surface area contributed by atoms with Gasteiger partial charge < -0.3 is 4.74 Å². The Balaban J connectivity index is 1.91. The van der Waals surface area contributed by atoms with Crippen LogP contribution in [0.5, 0.6) is 0 Å². The van der Waals surface area contributed by atoms with Crippen molar-refractivity contribution < 1.29 is 9.53 Å². The van der Waals surface area contributed by atoms with Crippen LogP contribution in [-0.4, -0.2) is 37.6 Å². The molecule has 0 aliphatic carbocycles. The summed E-state index contributed by atoms with van der Waals surface area (Å²) in [6.07, 6.45) is 0. The van der Waals surface area contributed by atoms with Gasteiger partial charge in [0.15, 0.2) is 11.5 Å². The van der Waals surface area contributed by atoms with E-state index in [1.165, 1.54) is 11.8 Å². The number of rotatable bonds is 5. The summed E-state index contributed by atoms with van der Waals surface area (Å²) < 4.78 is 6.68. The number of halogens is 1. The standard InChI is InChI=1S/C16H15ClN4O2S/c1-3-23-16(22)10(2)24-14-9-8-13-18-19-15(21(13)20-14)11-4-6-12(17)7-5-11/h4-10H,3H2,1-2H3. The Labute approximate surface area is 148 Å². The molecule has 2 aromatic heterocycles. The van der Waals surface area contributed by atoms with Crippen molar-refractivity contribution in [3.05, 3.63) is 41.4 Å². The molecule has 0 N–H and O–H groups in total. The first kappa shape index (κ1) is 16.7. The molecule has 0 radical (unpaired) electrons. The molecule has 0 saturated carbocycles. The van der Waals surface area contributed by atoms with Gasteiger partial charge in [-0.25, -0.2) is 0 Å². The molecule has 6 nitrogen and oxygen atoms in total. The molecule has 8 heteroatoms. The molecule has 1 aromatic carbocycles. The lowest BCUT2D eigenvalue weighted by Crippen LogP contribution is -2.17. The Morgan fingerprint density at radius 2 is 2.00 bits per heavy atom. The van der Waals surface area contributed by atoms with Crippen LogP contribution in [0.15, 0.2) is 41.4 Å². The molecular formula is C16H15ClN4O2S. The van der Waals surface area contributed by atoms with Gasteiger partial charge in [0.2, 0.25) is 0 Å². The number of hydrogen-bond donors (Lipinski definition) is 0. The highest BCUT2D eigenvalue weighted by Gasteiger charge is 2.17. The van der Waals surface area contributed by atoms with E-state index in [2.05, 4.69) is 15.3 Å². The van der Waals surface area contributed by atoms with Crippen LogP contribution in [0.1, 0.15) is 13.8 Å². The quantitative estimate of drug-likeness (QED) is 0.511. The molecule has 0 spiro atoms. The molecule has 3 rings (SSSR count). The molecule has 24 heavy (non-hydrogen) atoms. The molecular weight excluding hydrogens is 348 g/mol. The normalized spacial score (nSPS) is 12.3. The number of esters is 1. The minimum atomic E-state index is -0.342. The van der Waals surface area contributed by atoms with Gasteiger partial charge in [-0.05, 0) is 50.2 Å². The fraction of sp³-hybridized carbons (Fsp3) is 0.250. The van der Waals surface area contributed by atoms with Crippen LogP contribution in [0.25, 0.3) is 17.0 Å². The first-order valence-corrected chi connectivity index (χ1v) is 8.66. The van der Waals surface area contributed by atoms with Crippen molar-refractivity contribution in [1.82, 2.24) is 19.8 Å². The molecule has 3 aromatic rings. The molecule has 0 amide bonds. The number of fused-ring (bicyclic) bond motifs is 1. The van der Waals surface area contributed by atoms with Crippen LogP contribution < -0.4 is 0 Å². The number of ether oxygens (including phenoxy) is 1. The summed E-state index contributed by atoms with van der Waals surface area (Å²) in [5.74, 6) is 0.360. The van der Waals surface area contributed by atoms with Crippen molar-refractivity contribution in [2.75, 3.05) is 6.61 Å². The Bertz CT molecular complexity index is 866. The van der Waals surface area contributed by atoms with E-state index in [0.717, 1.165) is 5.56 Å². The molecule has 2 heterocycles. The van der Waals surface area contributed by atoms with Gasteiger partial charge in [-0.3, -0.25) is 4.79 Å². The molecule has 0 fully saturated rings. The minimum absolute atomic E-state index is 0.258. The van der Waals surface area contributed by atoms with Gasteiger partial charge >= 0.3 is 5.97 Å². The molecule has 0 bridgehead atoms. The van der Waals surface area contributed by atoms with E-state index in [1.54, 1.807) is 30.5 Å². The average molecular weight is 363 g/mol. The van der Waals surface area contributed by atoms with E-state index in [1.807, 2.05) is 24.3 Å². The molecule has 124 valence electrons. The summed E-state index contributed by atoms with van der Waals surface area (Å²) in [6.45, 7) is 3.94. The number of thioether (sulfide) groups is 1. The largest absolute Gasteiger partial charge is 0.465 e. The van der Waals surface area contributed by atoms with Gasteiger partial charge in [0.25, 0.3) is 0 Å². The summed E-state index contributed by atoms with van der Waals surface area (Å²) in [7, 11) is 0. The zero-order chi connectivity index (χ0) is 17.1. The van der Waals surface area contributed by atoms with Crippen molar-refractivity contribution >= 4 is 35.0 Å². The zero-order valence-electron chi connectivity index (χ0n) is 13.1. The topological polar surface area (TPSA) is 69.4 Å². The fourth-order valence-corrected chi connectivity index (χ4v) is 3.03. The minimum Gasteiger partial charge on any atom is -0.465 e. The molecule has 1 unspecified atom stereocenters. The maximum atomic E-state index is 11.8. The molecule has 0 aliphatic heterocycles. The Kier molecular flexibility index (Phi) is 5.01. The third kappa shape index (κ3) is 3.52. The first-order valence-electron chi connectivity index (χ1n) is 7.40. The second kappa shape index (κ2) is 7.19. The van der Waals surface area contributed by atoms with E-state index in [0.29, 0.717) is 28.1 Å². The number of nitrogens with zero attached hydrogens (tertiary/aromatic N) is 4. The lowest BCUT2D eigenvalue weighted by atomic mass is 10.2. The van der Waals surface area contributed by atoms with E-state index >= 15 is 0 Å². The van der Waals surface area contributed by atoms with Crippen LogP contribution in [0.3, 0.4) is 0 Å². The number of carbonyl (C=O) groups excluding carboxylic acids is 1. The predicted molar refractivity (Wildman–Crippen MR) is 93.2 cm³/mol. The number of hydrogen-bond acceptors (Lipinski definition) is 6. The fourth-order valence-electron chi connectivity index (χ4n) is 2.10. The van der Waals surface area contributed by atoms with E-state index < -0.39 is 0 Å². The van der Waals surface area contributed by atoms with E-state index in [-0.39, 0.29) is 11.2 Å². The van der Waals surface area contributed by atoms with Crippen molar-refractivity contribution in [3.8, 4) is 11.4 Å². The third-order valence-corrected chi connectivity index (χ3v) is 4.51. The number of aromatic nitrogens is 4. The van der Waals surface area contributed by atoms with Crippen molar-refractivity contribution in [2.24, 2.45) is 0 Å². The first-order chi connectivity index (χ1) is 11.6. The summed E-state index contributed by atoms with van der Waals surface area (Å²) in [5.41, 5.74) is 1.49. The summed E-state index contributed by atoms with van der Waals surface area (Å²) in [5, 5.41) is 13.8. The summed E-state index contributed by atoms with van der Waals surface area (Å²) >= 11 is 7.26. The molecule has 0 saturated heterocycles. The van der Waals surface area contributed by atoms with Gasteiger partial charge in [0, 0.05) is 10.6 Å². The maximum Gasteiger partial charge on any atom is 0.319 e. The Morgan fingerprint density at radius 1 is 1.25 bits per heavy atom. The highest BCUT2D eigenvalue weighted by molar-refractivity contribution is 8.00. The van der Waals surface area contributed by atoms with Gasteiger partial charge in [0.1, 0.15) is 10.3 Å². The maximum absolute atomic E-state index is 11.8. The smallest absolute Gasteiger partial charge is 0.319 e. The van der Waals surface area contributed by atoms with Crippen molar-refractivity contribution in [1.29, 1.82) is 0 Å². The van der Waals surface area contributed by atoms with Crippen LogP contribution in [0.2, 0.25) is 5.02 Å². The average Bonchev–Trinajstić information content (AvgIpc) is 2.99. The Hall–Kier alpha value is -2.12. The van der Waals surface area contributed by atoms with Crippen LogP contribution >= 0.6 is 23.4 Å². The number of benzene rings is 1. The highest BCUT2D eigenvalue weighted by atomic mass is 35.5. The SMILES string of the molecule is CCOC(=O)C(C)Sc1ccc2nnc(-c3ccc(Cl)cc3)n2n1. The van der Waals surface area contributed by atoms with Gasteiger partial charge in [-0.2, -0.15) is 9.61 Å². The van der Waals surface area contributed by atoms with E-state index in [9.17, 15) is 4.79 Å². The lowest BCUT2D eigenvalue weighted by Gasteiger charge is -2.09. The second-order valence-electron chi connectivity index (χ2n) is 4.98. The zero-order valence-corrected chi connectivity index (χ0v) is 14.7. The van der Waals surface area contributed by atoms with Crippen LogP contribution in [-0.2, 0) is 9.53 Å². The van der Waals surface area contributed by atoms with Crippen molar-refractivity contribution in [3.63, 3.8) is 0 Å². The van der Waals surface area contributed by atoms with Crippen LogP contribution in [0, 0.1) is 0 Å². The highest BCUT2D eigenvalue weighted by Crippen LogP contribution is 2.24. The molecule has 1 atom stereocenters. The third-order valence-electron chi connectivity index (χ3n) is 3.26. The van der Waals surface area contributed by atoms with Gasteiger partial charge in [0.05, 0.1) is 6.61 Å².